The minimum absolute atomic E-state index is 0.0282. The molecule has 1 N–H and O–H groups in total. The van der Waals surface area contributed by atoms with E-state index in [0.717, 1.165) is 29.5 Å². The lowest BCUT2D eigenvalue weighted by Gasteiger charge is -2.17. The predicted octanol–water partition coefficient (Wildman–Crippen LogP) is 7.39. The molecular formula is C30H33FO5. The van der Waals surface area contributed by atoms with Crippen LogP contribution in [-0.4, -0.2) is 24.8 Å². The number of ether oxygens (including phenoxy) is 3. The fraction of sp³-hybridized carbons (Fsp3) is 0.300. The zero-order chi connectivity index (χ0) is 26.1. The van der Waals surface area contributed by atoms with Crippen molar-refractivity contribution in [1.29, 1.82) is 0 Å². The highest BCUT2D eigenvalue weighted by molar-refractivity contribution is 5.73. The van der Waals surface area contributed by atoms with Gasteiger partial charge in [-0.2, -0.15) is 0 Å². The van der Waals surface area contributed by atoms with Gasteiger partial charge in [0.05, 0.1) is 20.1 Å². The molecule has 0 aromatic heterocycles. The fourth-order valence-corrected chi connectivity index (χ4v) is 3.90. The number of carboxylic acid groups (broad SMARTS) is 1. The third-order valence-electron chi connectivity index (χ3n) is 5.90. The first-order valence-electron chi connectivity index (χ1n) is 12.0. The first-order valence-corrected chi connectivity index (χ1v) is 12.0. The highest BCUT2D eigenvalue weighted by Crippen LogP contribution is 2.36. The molecule has 5 nitrogen and oxygen atoms in total. The zero-order valence-electron chi connectivity index (χ0n) is 21.1. The second kappa shape index (κ2) is 12.8. The Morgan fingerprint density at radius 2 is 1.83 bits per heavy atom. The number of aliphatic carboxylic acids is 1. The largest absolute Gasteiger partial charge is 0.497 e. The summed E-state index contributed by atoms with van der Waals surface area (Å²) >= 11 is 0. The Labute approximate surface area is 212 Å². The highest BCUT2D eigenvalue weighted by Gasteiger charge is 2.17. The predicted molar refractivity (Wildman–Crippen MR) is 139 cm³/mol. The quantitative estimate of drug-likeness (QED) is 0.199. The first-order chi connectivity index (χ1) is 17.3. The average molecular weight is 493 g/mol. The van der Waals surface area contributed by atoms with E-state index in [1.54, 1.807) is 19.2 Å². The molecule has 0 bridgehead atoms. The Morgan fingerprint density at radius 1 is 1.03 bits per heavy atom. The van der Waals surface area contributed by atoms with E-state index in [2.05, 4.69) is 13.5 Å². The molecule has 0 aliphatic rings. The van der Waals surface area contributed by atoms with Gasteiger partial charge in [-0.15, -0.1) is 0 Å². The van der Waals surface area contributed by atoms with Gasteiger partial charge < -0.3 is 19.3 Å². The van der Waals surface area contributed by atoms with Crippen LogP contribution in [0.25, 0.3) is 11.1 Å². The Hall–Kier alpha value is -3.80. The molecule has 3 rings (SSSR count). The van der Waals surface area contributed by atoms with Crippen LogP contribution in [-0.2, 0) is 11.4 Å². The number of unbranched alkanes of at least 4 members (excludes halogenated alkanes) is 1. The topological polar surface area (TPSA) is 65.0 Å². The number of carbonyl (C=O) groups is 1. The summed E-state index contributed by atoms with van der Waals surface area (Å²) in [5, 5.41) is 9.26. The molecule has 0 aliphatic heterocycles. The normalized spacial score (nSPS) is 11.6. The van der Waals surface area contributed by atoms with Gasteiger partial charge in [0.25, 0.3) is 0 Å². The van der Waals surface area contributed by atoms with Crippen LogP contribution in [0.4, 0.5) is 4.39 Å². The number of rotatable bonds is 13. The summed E-state index contributed by atoms with van der Waals surface area (Å²) in [5.74, 6) is 0.244. The molecule has 36 heavy (non-hydrogen) atoms. The highest BCUT2D eigenvalue weighted by atomic mass is 19.1. The molecule has 0 amide bonds. The van der Waals surface area contributed by atoms with Crippen LogP contribution in [0.15, 0.2) is 72.8 Å². The van der Waals surface area contributed by atoms with Crippen molar-refractivity contribution >= 4 is 5.97 Å². The maximum Gasteiger partial charge on any atom is 0.304 e. The molecule has 0 fully saturated rings. The number of hydrogen-bond donors (Lipinski definition) is 1. The van der Waals surface area contributed by atoms with Crippen molar-refractivity contribution in [1.82, 2.24) is 0 Å². The van der Waals surface area contributed by atoms with Crippen molar-refractivity contribution < 1.29 is 28.5 Å². The number of methoxy groups -OCH3 is 1. The van der Waals surface area contributed by atoms with Crippen molar-refractivity contribution in [2.75, 3.05) is 13.7 Å². The smallest absolute Gasteiger partial charge is 0.304 e. The summed E-state index contributed by atoms with van der Waals surface area (Å²) < 4.78 is 32.0. The molecule has 0 unspecified atom stereocenters. The maximum atomic E-state index is 14.7. The summed E-state index contributed by atoms with van der Waals surface area (Å²) in [6.45, 7) is 8.65. The van der Waals surface area contributed by atoms with E-state index in [1.807, 2.05) is 49.4 Å². The Kier molecular flexibility index (Phi) is 9.51. The summed E-state index contributed by atoms with van der Waals surface area (Å²) in [7, 11) is 1.55. The second-order valence-corrected chi connectivity index (χ2v) is 8.74. The molecule has 0 spiro atoms. The third-order valence-corrected chi connectivity index (χ3v) is 5.90. The standard InChI is InChI=1S/C30H33FO5/c1-5-6-14-35-29-15-21(10-12-25(29)27-17-23(34-4)11-13-28(27)31)19-36-24-9-7-8-22(16-24)26(20(2)3)18-30(32)33/h7-13,15-17,26H,2,5-6,14,18-19H2,1,3-4H3,(H,32,33)/t26-/m0/s1. The van der Waals surface area contributed by atoms with Crippen LogP contribution in [0, 0.1) is 5.82 Å². The molecule has 0 saturated carbocycles. The molecule has 0 radical (unpaired) electrons. The van der Waals surface area contributed by atoms with Gasteiger partial charge in [0.2, 0.25) is 0 Å². The monoisotopic (exact) mass is 492 g/mol. The van der Waals surface area contributed by atoms with Gasteiger partial charge in [-0.1, -0.05) is 49.8 Å². The van der Waals surface area contributed by atoms with E-state index in [1.165, 1.54) is 6.07 Å². The Balaban J connectivity index is 1.84. The van der Waals surface area contributed by atoms with Gasteiger partial charge in [-0.3, -0.25) is 4.79 Å². The van der Waals surface area contributed by atoms with Crippen LogP contribution in [0.5, 0.6) is 17.2 Å². The van der Waals surface area contributed by atoms with Crippen LogP contribution in [0.1, 0.15) is 50.2 Å². The first kappa shape index (κ1) is 26.8. The number of hydrogen-bond acceptors (Lipinski definition) is 4. The molecular weight excluding hydrogens is 459 g/mol. The lowest BCUT2D eigenvalue weighted by Crippen LogP contribution is -2.07. The molecule has 190 valence electrons. The summed E-state index contributed by atoms with van der Waals surface area (Å²) in [6, 6.07) is 17.6. The molecule has 6 heteroatoms. The van der Waals surface area contributed by atoms with Crippen LogP contribution in [0.2, 0.25) is 0 Å². The van der Waals surface area contributed by atoms with Crippen LogP contribution >= 0.6 is 0 Å². The fourth-order valence-electron chi connectivity index (χ4n) is 3.90. The Morgan fingerprint density at radius 3 is 2.53 bits per heavy atom. The lowest BCUT2D eigenvalue weighted by atomic mass is 9.90. The van der Waals surface area contributed by atoms with Crippen LogP contribution in [0.3, 0.4) is 0 Å². The van der Waals surface area contributed by atoms with E-state index in [4.69, 9.17) is 14.2 Å². The molecule has 3 aromatic rings. The zero-order valence-corrected chi connectivity index (χ0v) is 21.1. The SMILES string of the molecule is C=C(C)[C@H](CC(=O)O)c1cccc(OCc2ccc(-c3cc(OC)ccc3F)c(OCCCC)c2)c1. The van der Waals surface area contributed by atoms with Gasteiger partial charge >= 0.3 is 5.97 Å². The summed E-state index contributed by atoms with van der Waals surface area (Å²) in [5.41, 5.74) is 3.54. The van der Waals surface area contributed by atoms with Crippen molar-refractivity contribution in [3.8, 4) is 28.4 Å². The van der Waals surface area contributed by atoms with Crippen molar-refractivity contribution in [3.05, 3.63) is 89.8 Å². The number of benzene rings is 3. The van der Waals surface area contributed by atoms with Crippen molar-refractivity contribution in [2.24, 2.45) is 0 Å². The lowest BCUT2D eigenvalue weighted by molar-refractivity contribution is -0.137. The van der Waals surface area contributed by atoms with E-state index in [0.29, 0.717) is 35.0 Å². The van der Waals surface area contributed by atoms with E-state index >= 15 is 0 Å². The second-order valence-electron chi connectivity index (χ2n) is 8.74. The minimum atomic E-state index is -0.877. The summed E-state index contributed by atoms with van der Waals surface area (Å²) in [4.78, 5) is 11.3. The van der Waals surface area contributed by atoms with Crippen LogP contribution < -0.4 is 14.2 Å². The van der Waals surface area contributed by atoms with E-state index < -0.39 is 5.97 Å². The number of halogens is 1. The molecule has 0 aliphatic carbocycles. The molecule has 0 heterocycles. The Bertz CT molecular complexity index is 1200. The van der Waals surface area contributed by atoms with Crippen molar-refractivity contribution in [2.45, 2.75) is 45.6 Å². The van der Waals surface area contributed by atoms with Gasteiger partial charge in [0.15, 0.2) is 0 Å². The van der Waals surface area contributed by atoms with Gasteiger partial charge in [-0.05, 0) is 60.9 Å². The molecule has 3 aromatic carbocycles. The molecule has 0 saturated heterocycles. The third kappa shape index (κ3) is 7.11. The van der Waals surface area contributed by atoms with Crippen molar-refractivity contribution in [3.63, 3.8) is 0 Å². The van der Waals surface area contributed by atoms with E-state index in [9.17, 15) is 14.3 Å². The molecule has 1 atom stereocenters. The van der Waals surface area contributed by atoms with Gasteiger partial charge in [0.1, 0.15) is 29.7 Å². The number of carboxylic acids is 1. The van der Waals surface area contributed by atoms with Gasteiger partial charge in [-0.25, -0.2) is 4.39 Å². The summed E-state index contributed by atoms with van der Waals surface area (Å²) in [6.07, 6.45) is 1.84. The average Bonchev–Trinajstić information content (AvgIpc) is 2.87. The number of allylic oxidation sites excluding steroid dienone is 1. The van der Waals surface area contributed by atoms with E-state index in [-0.39, 0.29) is 24.8 Å². The van der Waals surface area contributed by atoms with Gasteiger partial charge in [0, 0.05) is 17.0 Å². The maximum absolute atomic E-state index is 14.7. The minimum Gasteiger partial charge on any atom is -0.497 e.